The molecule has 0 fully saturated rings. The summed E-state index contributed by atoms with van der Waals surface area (Å²) in [5.74, 6) is 0.0819. The van der Waals surface area contributed by atoms with Gasteiger partial charge in [0.2, 0.25) is 0 Å². The number of hydrogen-bond donors (Lipinski definition) is 0. The van der Waals surface area contributed by atoms with Gasteiger partial charge in [-0.3, -0.25) is 0 Å². The molecule has 1 aromatic heterocycles. The highest BCUT2D eigenvalue weighted by Crippen LogP contribution is 2.21. The third-order valence-corrected chi connectivity index (χ3v) is 4.36. The Labute approximate surface area is 152 Å². The number of carbonyl (C=O) groups excluding carboxylic acids is 1. The summed E-state index contributed by atoms with van der Waals surface area (Å²) in [6.45, 7) is 4.01. The molecule has 1 heterocycles. The average Bonchev–Trinajstić information content (AvgIpc) is 2.46. The normalized spacial score (nSPS) is 10.8. The fourth-order valence-electron chi connectivity index (χ4n) is 1.65. The zero-order chi connectivity index (χ0) is 16.3. The molecule has 0 N–H and O–H groups in total. The van der Waals surface area contributed by atoms with Crippen molar-refractivity contribution >= 4 is 51.8 Å². The first-order valence-corrected chi connectivity index (χ1v) is 8.35. The van der Waals surface area contributed by atoms with Gasteiger partial charge in [-0.05, 0) is 34.7 Å². The van der Waals surface area contributed by atoms with Crippen LogP contribution in [-0.4, -0.2) is 15.9 Å². The summed E-state index contributed by atoms with van der Waals surface area (Å²) >= 11 is 14.0. The van der Waals surface area contributed by atoms with Crippen LogP contribution >= 0.6 is 45.8 Å². The number of halogens is 3. The van der Waals surface area contributed by atoms with Crippen molar-refractivity contribution in [1.29, 1.82) is 0 Å². The van der Waals surface area contributed by atoms with Crippen molar-refractivity contribution in [1.82, 2.24) is 9.97 Å². The quantitative estimate of drug-likeness (QED) is 0.492. The molecule has 0 saturated heterocycles. The van der Waals surface area contributed by atoms with Crippen molar-refractivity contribution in [2.45, 2.75) is 26.4 Å². The van der Waals surface area contributed by atoms with E-state index >= 15 is 0 Å². The summed E-state index contributed by atoms with van der Waals surface area (Å²) < 4.78 is 6.21. The van der Waals surface area contributed by atoms with Crippen LogP contribution in [0.25, 0.3) is 0 Å². The molecule has 4 nitrogen and oxygen atoms in total. The monoisotopic (exact) mass is 450 g/mol. The fraction of sp³-hybridized carbons (Fsp3) is 0.267. The molecule has 0 aliphatic rings. The van der Waals surface area contributed by atoms with Crippen LogP contribution in [0.2, 0.25) is 10.0 Å². The predicted molar refractivity (Wildman–Crippen MR) is 94.4 cm³/mol. The summed E-state index contributed by atoms with van der Waals surface area (Å²) in [7, 11) is 0. The molecule has 0 aliphatic heterocycles. The Morgan fingerprint density at radius 3 is 2.73 bits per heavy atom. The van der Waals surface area contributed by atoms with E-state index in [1.54, 1.807) is 12.1 Å². The van der Waals surface area contributed by atoms with E-state index in [1.807, 2.05) is 19.9 Å². The number of aromatic nitrogens is 2. The van der Waals surface area contributed by atoms with Gasteiger partial charge in [0, 0.05) is 20.1 Å². The molecule has 0 atom stereocenters. The van der Waals surface area contributed by atoms with Crippen LogP contribution < -0.4 is 0 Å². The lowest BCUT2D eigenvalue weighted by Gasteiger charge is -2.09. The lowest BCUT2D eigenvalue weighted by molar-refractivity contribution is 0.0464. The molecule has 0 saturated carbocycles. The maximum Gasteiger partial charge on any atom is 0.358 e. The van der Waals surface area contributed by atoms with E-state index in [9.17, 15) is 4.79 Å². The van der Waals surface area contributed by atoms with Crippen LogP contribution in [-0.2, 0) is 11.3 Å². The van der Waals surface area contributed by atoms with E-state index in [1.165, 1.54) is 6.20 Å². The predicted octanol–water partition coefficient (Wildman–Crippen LogP) is 4.87. The number of esters is 1. The zero-order valence-corrected chi connectivity index (χ0v) is 15.6. The van der Waals surface area contributed by atoms with Crippen molar-refractivity contribution in [3.63, 3.8) is 0 Å². The summed E-state index contributed by atoms with van der Waals surface area (Å²) in [5, 5.41) is 0.820. The molecular weight excluding hydrogens is 438 g/mol. The Kier molecular flexibility index (Phi) is 6.00. The van der Waals surface area contributed by atoms with Crippen LogP contribution in [0.1, 0.15) is 41.6 Å². The van der Waals surface area contributed by atoms with Gasteiger partial charge in [0.05, 0.1) is 11.2 Å². The van der Waals surface area contributed by atoms with Gasteiger partial charge < -0.3 is 4.74 Å². The minimum atomic E-state index is -0.569. The SMILES string of the molecule is CC(C)c1ncc(Cl)c(C(=O)OCc2ccc(Cl)cc2I)n1. The molecule has 0 unspecified atom stereocenters. The second-order valence-electron chi connectivity index (χ2n) is 4.89. The molecule has 0 amide bonds. The van der Waals surface area contributed by atoms with Crippen molar-refractivity contribution in [3.05, 3.63) is 55.1 Å². The number of ether oxygens (including phenoxy) is 1. The van der Waals surface area contributed by atoms with Gasteiger partial charge in [0.25, 0.3) is 0 Å². The minimum Gasteiger partial charge on any atom is -0.456 e. The molecule has 1 aromatic carbocycles. The lowest BCUT2D eigenvalue weighted by Crippen LogP contribution is -2.11. The largest absolute Gasteiger partial charge is 0.456 e. The summed E-state index contributed by atoms with van der Waals surface area (Å²) in [5.41, 5.74) is 0.956. The standard InChI is InChI=1S/C15H13Cl2IN2O2/c1-8(2)14-19-6-11(17)13(20-14)15(21)22-7-9-3-4-10(16)5-12(9)18/h3-6,8H,7H2,1-2H3. The van der Waals surface area contributed by atoms with E-state index in [-0.39, 0.29) is 23.2 Å². The number of rotatable bonds is 4. The molecule has 0 aliphatic carbocycles. The van der Waals surface area contributed by atoms with E-state index in [4.69, 9.17) is 27.9 Å². The van der Waals surface area contributed by atoms with Crippen LogP contribution in [0, 0.1) is 3.57 Å². The van der Waals surface area contributed by atoms with Gasteiger partial charge in [0.1, 0.15) is 12.4 Å². The zero-order valence-electron chi connectivity index (χ0n) is 11.9. The maximum atomic E-state index is 12.2. The van der Waals surface area contributed by atoms with Crippen molar-refractivity contribution in [2.24, 2.45) is 0 Å². The highest BCUT2D eigenvalue weighted by atomic mass is 127. The van der Waals surface area contributed by atoms with Gasteiger partial charge in [-0.2, -0.15) is 0 Å². The van der Waals surface area contributed by atoms with Gasteiger partial charge >= 0.3 is 5.97 Å². The second kappa shape index (κ2) is 7.57. The Hall–Kier alpha value is -0.920. The number of hydrogen-bond acceptors (Lipinski definition) is 4. The molecule has 2 rings (SSSR count). The second-order valence-corrected chi connectivity index (χ2v) is 6.90. The van der Waals surface area contributed by atoms with E-state index in [0.717, 1.165) is 9.13 Å². The van der Waals surface area contributed by atoms with Crippen LogP contribution in [0.5, 0.6) is 0 Å². The molecule has 2 aromatic rings. The average molecular weight is 451 g/mol. The first kappa shape index (κ1) is 17.4. The minimum absolute atomic E-state index is 0.0874. The number of nitrogens with zero attached hydrogens (tertiary/aromatic N) is 2. The highest BCUT2D eigenvalue weighted by molar-refractivity contribution is 14.1. The van der Waals surface area contributed by atoms with Crippen molar-refractivity contribution < 1.29 is 9.53 Å². The maximum absolute atomic E-state index is 12.2. The van der Waals surface area contributed by atoms with Crippen LogP contribution in [0.4, 0.5) is 0 Å². The summed E-state index contributed by atoms with van der Waals surface area (Å²) in [4.78, 5) is 20.4. The van der Waals surface area contributed by atoms with Crippen molar-refractivity contribution in [3.8, 4) is 0 Å². The molecule has 7 heteroatoms. The van der Waals surface area contributed by atoms with Crippen LogP contribution in [0.3, 0.4) is 0 Å². The first-order chi connectivity index (χ1) is 10.4. The van der Waals surface area contributed by atoms with E-state index in [0.29, 0.717) is 10.8 Å². The van der Waals surface area contributed by atoms with Gasteiger partial charge in [-0.25, -0.2) is 14.8 Å². The Morgan fingerprint density at radius 2 is 2.09 bits per heavy atom. The topological polar surface area (TPSA) is 52.1 Å². The highest BCUT2D eigenvalue weighted by Gasteiger charge is 2.17. The van der Waals surface area contributed by atoms with Gasteiger partial charge in [-0.15, -0.1) is 0 Å². The Bertz CT molecular complexity index is 708. The molecule has 22 heavy (non-hydrogen) atoms. The smallest absolute Gasteiger partial charge is 0.358 e. The van der Waals surface area contributed by atoms with E-state index < -0.39 is 5.97 Å². The lowest BCUT2D eigenvalue weighted by atomic mass is 10.2. The third kappa shape index (κ3) is 4.30. The fourth-order valence-corrected chi connectivity index (χ4v) is 2.85. The first-order valence-electron chi connectivity index (χ1n) is 6.52. The third-order valence-electron chi connectivity index (χ3n) is 2.85. The molecule has 0 bridgehead atoms. The van der Waals surface area contributed by atoms with Crippen LogP contribution in [0.15, 0.2) is 24.4 Å². The molecule has 116 valence electrons. The molecular formula is C15H13Cl2IN2O2. The van der Waals surface area contributed by atoms with Crippen molar-refractivity contribution in [2.75, 3.05) is 0 Å². The molecule has 0 spiro atoms. The number of benzene rings is 1. The number of carbonyl (C=O) groups is 1. The van der Waals surface area contributed by atoms with Gasteiger partial charge in [-0.1, -0.05) is 43.1 Å². The molecule has 0 radical (unpaired) electrons. The summed E-state index contributed by atoms with van der Waals surface area (Å²) in [6.07, 6.45) is 1.42. The summed E-state index contributed by atoms with van der Waals surface area (Å²) in [6, 6.07) is 5.37. The Morgan fingerprint density at radius 1 is 1.36 bits per heavy atom. The van der Waals surface area contributed by atoms with Gasteiger partial charge in [0.15, 0.2) is 5.69 Å². The Balaban J connectivity index is 2.14. The van der Waals surface area contributed by atoms with E-state index in [2.05, 4.69) is 32.6 Å².